The molecule has 1 amide bonds. The summed E-state index contributed by atoms with van der Waals surface area (Å²) in [5, 5.41) is 0. The molecule has 2 fully saturated rings. The molecular formula is C20H31N3O3S. The molecule has 2 aliphatic rings. The number of amides is 1. The van der Waals surface area contributed by atoms with Crippen LogP contribution in [0.1, 0.15) is 25.3 Å². The van der Waals surface area contributed by atoms with Gasteiger partial charge in [0.1, 0.15) is 0 Å². The fraction of sp³-hybridized carbons (Fsp3) is 0.650. The Labute approximate surface area is 163 Å². The number of anilines is 1. The number of nitrogens with zero attached hydrogens (tertiary/aromatic N) is 3. The molecule has 27 heavy (non-hydrogen) atoms. The molecule has 1 unspecified atom stereocenters. The number of carbonyl (C=O) groups is 1. The second-order valence-electron chi connectivity index (χ2n) is 7.65. The van der Waals surface area contributed by atoms with E-state index in [2.05, 4.69) is 41.0 Å². The Morgan fingerprint density at radius 2 is 1.96 bits per heavy atom. The van der Waals surface area contributed by atoms with E-state index in [1.165, 1.54) is 11.3 Å². The van der Waals surface area contributed by atoms with E-state index in [1.807, 2.05) is 6.92 Å². The molecule has 0 N–H and O–H groups in total. The Morgan fingerprint density at radius 3 is 2.56 bits per heavy atom. The Balaban J connectivity index is 1.46. The van der Waals surface area contributed by atoms with Crippen LogP contribution in [0.4, 0.5) is 5.69 Å². The first-order valence-corrected chi connectivity index (χ1v) is 11.7. The molecule has 2 aliphatic heterocycles. The van der Waals surface area contributed by atoms with Crippen molar-refractivity contribution >= 4 is 21.4 Å². The summed E-state index contributed by atoms with van der Waals surface area (Å²) in [7, 11) is -2.96. The van der Waals surface area contributed by atoms with Crippen LogP contribution in [-0.2, 0) is 14.6 Å². The largest absolute Gasteiger partial charge is 0.369 e. The number of benzene rings is 1. The monoisotopic (exact) mass is 393 g/mol. The first-order chi connectivity index (χ1) is 12.9. The SMILES string of the molecule is CCN(C(=O)CCN1CCN(c2cccc(C)c2)CC1)C1CCS(=O)(=O)C1. The Kier molecular flexibility index (Phi) is 6.42. The van der Waals surface area contributed by atoms with E-state index >= 15 is 0 Å². The lowest BCUT2D eigenvalue weighted by Crippen LogP contribution is -2.48. The van der Waals surface area contributed by atoms with Crippen molar-refractivity contribution < 1.29 is 13.2 Å². The molecule has 1 atom stereocenters. The number of hydrogen-bond acceptors (Lipinski definition) is 5. The number of aryl methyl sites for hydroxylation is 1. The minimum atomic E-state index is -2.96. The van der Waals surface area contributed by atoms with Crippen LogP contribution in [0.15, 0.2) is 24.3 Å². The number of piperazine rings is 1. The minimum absolute atomic E-state index is 0.0840. The topological polar surface area (TPSA) is 60.9 Å². The van der Waals surface area contributed by atoms with Gasteiger partial charge in [0, 0.05) is 57.4 Å². The van der Waals surface area contributed by atoms with E-state index in [9.17, 15) is 13.2 Å². The van der Waals surface area contributed by atoms with E-state index in [4.69, 9.17) is 0 Å². The average molecular weight is 394 g/mol. The van der Waals surface area contributed by atoms with Crippen LogP contribution < -0.4 is 4.90 Å². The fourth-order valence-electron chi connectivity index (χ4n) is 4.11. The summed E-state index contributed by atoms with van der Waals surface area (Å²) in [4.78, 5) is 19.1. The fourth-order valence-corrected chi connectivity index (χ4v) is 5.84. The highest BCUT2D eigenvalue weighted by Gasteiger charge is 2.33. The van der Waals surface area contributed by atoms with Crippen LogP contribution >= 0.6 is 0 Å². The van der Waals surface area contributed by atoms with Gasteiger partial charge in [-0.1, -0.05) is 12.1 Å². The molecule has 3 rings (SSSR count). The molecule has 1 aromatic carbocycles. The number of carbonyl (C=O) groups excluding carboxylic acids is 1. The van der Waals surface area contributed by atoms with E-state index in [1.54, 1.807) is 4.90 Å². The van der Waals surface area contributed by atoms with Crippen LogP contribution in [-0.4, -0.2) is 80.9 Å². The summed E-state index contributed by atoms with van der Waals surface area (Å²) >= 11 is 0. The standard InChI is InChI=1S/C20H31N3O3S/c1-3-23(19-8-14-27(25,26)16-19)20(24)7-9-21-10-12-22(13-11-21)18-6-4-5-17(2)15-18/h4-6,15,19H,3,7-14,16H2,1-2H3. The Hall–Kier alpha value is -1.60. The molecule has 1 aromatic rings. The maximum Gasteiger partial charge on any atom is 0.224 e. The van der Waals surface area contributed by atoms with Gasteiger partial charge < -0.3 is 9.80 Å². The zero-order valence-electron chi connectivity index (χ0n) is 16.4. The molecule has 150 valence electrons. The lowest BCUT2D eigenvalue weighted by atomic mass is 10.2. The average Bonchev–Trinajstić information content (AvgIpc) is 3.00. The van der Waals surface area contributed by atoms with E-state index < -0.39 is 9.84 Å². The van der Waals surface area contributed by atoms with Crippen LogP contribution in [0.5, 0.6) is 0 Å². The van der Waals surface area contributed by atoms with Gasteiger partial charge in [0.05, 0.1) is 11.5 Å². The van der Waals surface area contributed by atoms with Crippen LogP contribution in [0, 0.1) is 6.92 Å². The zero-order chi connectivity index (χ0) is 19.4. The van der Waals surface area contributed by atoms with Gasteiger partial charge in [-0.05, 0) is 38.0 Å². The van der Waals surface area contributed by atoms with Gasteiger partial charge in [-0.25, -0.2) is 8.42 Å². The summed E-state index contributed by atoms with van der Waals surface area (Å²) in [6.07, 6.45) is 1.05. The third-order valence-corrected chi connectivity index (χ3v) is 7.44. The van der Waals surface area contributed by atoms with Crippen molar-refractivity contribution in [2.24, 2.45) is 0 Å². The molecule has 0 spiro atoms. The lowest BCUT2D eigenvalue weighted by molar-refractivity contribution is -0.133. The van der Waals surface area contributed by atoms with Crippen molar-refractivity contribution in [2.75, 3.05) is 55.7 Å². The van der Waals surface area contributed by atoms with Gasteiger partial charge in [0.15, 0.2) is 9.84 Å². The third-order valence-electron chi connectivity index (χ3n) is 5.69. The first kappa shape index (κ1) is 20.1. The van der Waals surface area contributed by atoms with Crippen molar-refractivity contribution in [1.29, 1.82) is 0 Å². The second-order valence-corrected chi connectivity index (χ2v) is 9.88. The van der Waals surface area contributed by atoms with Crippen molar-refractivity contribution in [3.63, 3.8) is 0 Å². The normalized spacial score (nSPS) is 22.7. The highest BCUT2D eigenvalue weighted by molar-refractivity contribution is 7.91. The molecule has 0 saturated carbocycles. The van der Waals surface area contributed by atoms with Gasteiger partial charge in [-0.2, -0.15) is 0 Å². The smallest absolute Gasteiger partial charge is 0.224 e. The molecule has 7 heteroatoms. The maximum absolute atomic E-state index is 12.6. The highest BCUT2D eigenvalue weighted by atomic mass is 32.2. The zero-order valence-corrected chi connectivity index (χ0v) is 17.2. The maximum atomic E-state index is 12.6. The molecular weight excluding hydrogens is 362 g/mol. The van der Waals surface area contributed by atoms with Crippen molar-refractivity contribution in [3.8, 4) is 0 Å². The van der Waals surface area contributed by atoms with Gasteiger partial charge in [0.2, 0.25) is 5.91 Å². The van der Waals surface area contributed by atoms with Gasteiger partial charge in [-0.15, -0.1) is 0 Å². The lowest BCUT2D eigenvalue weighted by Gasteiger charge is -2.36. The van der Waals surface area contributed by atoms with E-state index in [0.717, 1.165) is 32.7 Å². The molecule has 0 bridgehead atoms. The highest BCUT2D eigenvalue weighted by Crippen LogP contribution is 2.20. The second kappa shape index (κ2) is 8.61. The minimum Gasteiger partial charge on any atom is -0.369 e. The van der Waals surface area contributed by atoms with Gasteiger partial charge >= 0.3 is 0 Å². The summed E-state index contributed by atoms with van der Waals surface area (Å²) in [6, 6.07) is 8.44. The molecule has 0 aromatic heterocycles. The van der Waals surface area contributed by atoms with Gasteiger partial charge in [-0.3, -0.25) is 9.69 Å². The van der Waals surface area contributed by atoms with Crippen molar-refractivity contribution in [3.05, 3.63) is 29.8 Å². The third kappa shape index (κ3) is 5.23. The molecule has 0 radical (unpaired) electrons. The predicted molar refractivity (Wildman–Crippen MR) is 109 cm³/mol. The molecule has 6 nitrogen and oxygen atoms in total. The van der Waals surface area contributed by atoms with Crippen molar-refractivity contribution in [1.82, 2.24) is 9.80 Å². The molecule has 2 heterocycles. The summed E-state index contributed by atoms with van der Waals surface area (Å²) < 4.78 is 23.4. The Bertz CT molecular complexity index is 757. The van der Waals surface area contributed by atoms with Gasteiger partial charge in [0.25, 0.3) is 0 Å². The molecule has 0 aliphatic carbocycles. The van der Waals surface area contributed by atoms with Crippen molar-refractivity contribution in [2.45, 2.75) is 32.7 Å². The molecule has 2 saturated heterocycles. The van der Waals surface area contributed by atoms with E-state index in [-0.39, 0.29) is 23.5 Å². The number of rotatable bonds is 6. The summed E-state index contributed by atoms with van der Waals surface area (Å²) in [5.41, 5.74) is 2.54. The van der Waals surface area contributed by atoms with Crippen LogP contribution in [0.25, 0.3) is 0 Å². The Morgan fingerprint density at radius 1 is 1.22 bits per heavy atom. The summed E-state index contributed by atoms with van der Waals surface area (Å²) in [6.45, 7) is 9.21. The number of sulfone groups is 1. The van der Waals surface area contributed by atoms with Crippen LogP contribution in [0.2, 0.25) is 0 Å². The van der Waals surface area contributed by atoms with E-state index in [0.29, 0.717) is 19.4 Å². The number of hydrogen-bond donors (Lipinski definition) is 0. The summed E-state index contributed by atoms with van der Waals surface area (Å²) in [5.74, 6) is 0.421. The first-order valence-electron chi connectivity index (χ1n) is 9.92. The quantitative estimate of drug-likeness (QED) is 0.734. The predicted octanol–water partition coefficient (Wildman–Crippen LogP) is 1.54. The van der Waals surface area contributed by atoms with Crippen LogP contribution in [0.3, 0.4) is 0 Å².